The summed E-state index contributed by atoms with van der Waals surface area (Å²) in [5.74, 6) is 1.45. The SMILES string of the molecule is [2H]c1cc([2H])c2sc3c(-c4ccc(-c5nc(-c6ccccc6)nc(-c6cccc(-c7ccccc7)c6)n5)cc4-n4c5ccccc5c5ccccc54)c([2H])c([2H])c([2H])c3c2c1[2H]. The third-order valence-corrected chi connectivity index (χ3v) is 11.4. The molecule has 0 unspecified atom stereocenters. The Morgan fingerprint density at radius 3 is 1.73 bits per heavy atom. The first-order valence-corrected chi connectivity index (χ1v) is 19.1. The van der Waals surface area contributed by atoms with Crippen LogP contribution < -0.4 is 0 Å². The maximum Gasteiger partial charge on any atom is 0.164 e. The standard InChI is InChI=1S/C51H32N4S/c1-3-15-33(16-4-1)35-19-13-20-36(31-35)50-52-49(34-17-5-2-6-18-34)53-51(54-50)37-29-30-40(42-24-14-25-43-41-23-9-12-28-47(41)56-48(42)43)46(32-37)55-44-26-10-7-21-38(44)39-22-8-11-27-45(39)55/h1-32H/i9D,14D,23D,24D,25D,28D. The van der Waals surface area contributed by atoms with Crippen LogP contribution in [0.5, 0.6) is 0 Å². The van der Waals surface area contributed by atoms with Crippen molar-refractivity contribution in [2.75, 3.05) is 0 Å². The number of thiophene rings is 1. The molecule has 0 aliphatic heterocycles. The van der Waals surface area contributed by atoms with Gasteiger partial charge in [-0.15, -0.1) is 11.3 Å². The van der Waals surface area contributed by atoms with Gasteiger partial charge in [0.25, 0.3) is 0 Å². The third-order valence-electron chi connectivity index (χ3n) is 10.2. The van der Waals surface area contributed by atoms with E-state index in [-0.39, 0.29) is 36.3 Å². The zero-order valence-electron chi connectivity index (χ0n) is 35.7. The molecule has 0 N–H and O–H groups in total. The average Bonchev–Trinajstić information content (AvgIpc) is 3.88. The minimum atomic E-state index is -0.293. The second-order valence-electron chi connectivity index (χ2n) is 13.5. The van der Waals surface area contributed by atoms with Crippen molar-refractivity contribution >= 4 is 53.3 Å². The van der Waals surface area contributed by atoms with Crippen LogP contribution in [0, 0.1) is 0 Å². The molecular weight excluding hydrogens is 701 g/mol. The van der Waals surface area contributed by atoms with Crippen LogP contribution in [0.25, 0.3) is 104 Å². The van der Waals surface area contributed by atoms with Gasteiger partial charge in [0.2, 0.25) is 0 Å². The van der Waals surface area contributed by atoms with Gasteiger partial charge >= 0.3 is 0 Å². The molecular formula is C51H32N4S. The fraction of sp³-hybridized carbons (Fsp3) is 0. The van der Waals surface area contributed by atoms with E-state index in [1.807, 2.05) is 103 Å². The Morgan fingerprint density at radius 1 is 0.411 bits per heavy atom. The van der Waals surface area contributed by atoms with E-state index in [4.69, 9.17) is 21.8 Å². The zero-order valence-corrected chi connectivity index (χ0v) is 30.5. The van der Waals surface area contributed by atoms with Crippen molar-refractivity contribution in [3.63, 3.8) is 0 Å². The van der Waals surface area contributed by atoms with Crippen LogP contribution in [0.3, 0.4) is 0 Å². The van der Waals surface area contributed by atoms with E-state index >= 15 is 0 Å². The summed E-state index contributed by atoms with van der Waals surface area (Å²) in [6.45, 7) is 0. The summed E-state index contributed by atoms with van der Waals surface area (Å²) in [4.78, 5) is 15.3. The smallest absolute Gasteiger partial charge is 0.164 e. The molecule has 262 valence electrons. The first-order valence-electron chi connectivity index (χ1n) is 21.3. The fourth-order valence-corrected chi connectivity index (χ4v) is 8.72. The average molecular weight is 739 g/mol. The van der Waals surface area contributed by atoms with E-state index in [9.17, 15) is 1.37 Å². The second kappa shape index (κ2) is 13.3. The molecule has 0 spiro atoms. The van der Waals surface area contributed by atoms with Crippen molar-refractivity contribution < 1.29 is 8.22 Å². The van der Waals surface area contributed by atoms with Crippen LogP contribution in [0.15, 0.2) is 194 Å². The number of hydrogen-bond acceptors (Lipinski definition) is 4. The normalized spacial score (nSPS) is 13.1. The molecule has 3 heterocycles. The van der Waals surface area contributed by atoms with Crippen LogP contribution in [0.4, 0.5) is 0 Å². The monoisotopic (exact) mass is 738 g/mol. The van der Waals surface area contributed by atoms with E-state index in [2.05, 4.69) is 53.1 Å². The van der Waals surface area contributed by atoms with Crippen LogP contribution in [-0.4, -0.2) is 19.5 Å². The summed E-state index contributed by atoms with van der Waals surface area (Å²) >= 11 is 1.23. The lowest BCUT2D eigenvalue weighted by Crippen LogP contribution is -2.02. The van der Waals surface area contributed by atoms with Gasteiger partial charge in [-0.2, -0.15) is 0 Å². The first kappa shape index (κ1) is 26.5. The third kappa shape index (κ3) is 5.40. The van der Waals surface area contributed by atoms with Crippen LogP contribution in [-0.2, 0) is 0 Å². The van der Waals surface area contributed by atoms with Crippen molar-refractivity contribution in [2.45, 2.75) is 0 Å². The molecule has 56 heavy (non-hydrogen) atoms. The van der Waals surface area contributed by atoms with Gasteiger partial charge in [0.05, 0.1) is 24.9 Å². The van der Waals surface area contributed by atoms with Gasteiger partial charge in [-0.05, 0) is 41.4 Å². The van der Waals surface area contributed by atoms with Crippen molar-refractivity contribution in [3.8, 4) is 62.1 Å². The Labute approximate surface area is 336 Å². The molecule has 0 saturated heterocycles. The summed E-state index contributed by atoms with van der Waals surface area (Å²) in [5.41, 5.74) is 8.03. The Balaban J connectivity index is 1.22. The van der Waals surface area contributed by atoms with Gasteiger partial charge in [0, 0.05) is 58.8 Å². The molecule has 11 aromatic rings. The maximum atomic E-state index is 9.50. The highest BCUT2D eigenvalue weighted by atomic mass is 32.1. The molecule has 11 rings (SSSR count). The minimum Gasteiger partial charge on any atom is -0.309 e. The second-order valence-corrected chi connectivity index (χ2v) is 14.6. The Morgan fingerprint density at radius 2 is 1.00 bits per heavy atom. The largest absolute Gasteiger partial charge is 0.309 e. The molecule has 4 nitrogen and oxygen atoms in total. The molecule has 0 aliphatic carbocycles. The van der Waals surface area contributed by atoms with Crippen molar-refractivity contribution in [1.82, 2.24) is 19.5 Å². The molecule has 0 radical (unpaired) electrons. The lowest BCUT2D eigenvalue weighted by atomic mass is 9.98. The molecule has 0 bridgehead atoms. The van der Waals surface area contributed by atoms with Crippen molar-refractivity contribution in [1.29, 1.82) is 0 Å². The van der Waals surface area contributed by atoms with Gasteiger partial charge in [0.15, 0.2) is 17.5 Å². The molecule has 0 saturated carbocycles. The topological polar surface area (TPSA) is 43.6 Å². The Hall–Kier alpha value is -7.21. The lowest BCUT2D eigenvalue weighted by molar-refractivity contribution is 1.07. The number of fused-ring (bicyclic) bond motifs is 6. The quantitative estimate of drug-likeness (QED) is 0.171. The predicted octanol–water partition coefficient (Wildman–Crippen LogP) is 13.7. The number of hydrogen-bond donors (Lipinski definition) is 0. The molecule has 3 aromatic heterocycles. The summed E-state index contributed by atoms with van der Waals surface area (Å²) in [6, 6.07) is 50.9. The van der Waals surface area contributed by atoms with E-state index in [1.54, 1.807) is 0 Å². The van der Waals surface area contributed by atoms with E-state index < -0.39 is 0 Å². The van der Waals surface area contributed by atoms with Crippen LogP contribution >= 0.6 is 11.3 Å². The van der Waals surface area contributed by atoms with E-state index in [1.165, 1.54) is 17.4 Å². The molecule has 8 aromatic carbocycles. The molecule has 0 fully saturated rings. The van der Waals surface area contributed by atoms with Crippen molar-refractivity contribution in [3.05, 3.63) is 194 Å². The van der Waals surface area contributed by atoms with E-state index in [0.717, 1.165) is 44.1 Å². The van der Waals surface area contributed by atoms with Gasteiger partial charge in [-0.1, -0.05) is 164 Å². The van der Waals surface area contributed by atoms with Crippen LogP contribution in [0.1, 0.15) is 8.22 Å². The van der Waals surface area contributed by atoms with Gasteiger partial charge < -0.3 is 4.57 Å². The molecule has 0 aliphatic rings. The van der Waals surface area contributed by atoms with Crippen molar-refractivity contribution in [2.24, 2.45) is 0 Å². The number of nitrogens with zero attached hydrogens (tertiary/aromatic N) is 4. The summed E-state index contributed by atoms with van der Waals surface area (Å²) in [7, 11) is 0. The summed E-state index contributed by atoms with van der Waals surface area (Å²) < 4.78 is 56.9. The first-order chi connectivity index (χ1) is 30.2. The Kier molecular flexibility index (Phi) is 6.29. The highest BCUT2D eigenvalue weighted by Gasteiger charge is 2.21. The highest BCUT2D eigenvalue weighted by molar-refractivity contribution is 7.26. The molecule has 0 amide bonds. The number of rotatable bonds is 6. The Bertz CT molecular complexity index is 3550. The van der Waals surface area contributed by atoms with Crippen LogP contribution in [0.2, 0.25) is 0 Å². The van der Waals surface area contributed by atoms with Gasteiger partial charge in [0.1, 0.15) is 0 Å². The summed E-state index contributed by atoms with van der Waals surface area (Å²) in [5, 5.41) is 2.67. The predicted molar refractivity (Wildman–Crippen MR) is 234 cm³/mol. The number of benzene rings is 8. The highest BCUT2D eigenvalue weighted by Crippen LogP contribution is 2.44. The number of aromatic nitrogens is 4. The summed E-state index contributed by atoms with van der Waals surface area (Å²) in [6.07, 6.45) is 0. The number of para-hydroxylation sites is 2. The lowest BCUT2D eigenvalue weighted by Gasteiger charge is -2.17. The molecule has 0 atom stereocenters. The fourth-order valence-electron chi connectivity index (χ4n) is 7.63. The molecule has 5 heteroatoms. The zero-order chi connectivity index (χ0) is 42.2. The van der Waals surface area contributed by atoms with Gasteiger partial charge in [-0.25, -0.2) is 15.0 Å². The minimum absolute atomic E-state index is 0.0674. The maximum absolute atomic E-state index is 9.50. The van der Waals surface area contributed by atoms with E-state index in [0.29, 0.717) is 60.0 Å². The van der Waals surface area contributed by atoms with Gasteiger partial charge in [-0.3, -0.25) is 0 Å².